The number of amides is 3. The predicted molar refractivity (Wildman–Crippen MR) is 129 cm³/mol. The van der Waals surface area contributed by atoms with Crippen LogP contribution in [-0.2, 0) is 16.2 Å². The normalized spacial score (nSPS) is 16.9. The number of nitrogens with one attached hydrogen (secondary N) is 3. The number of benzene rings is 3. The van der Waals surface area contributed by atoms with Crippen molar-refractivity contribution < 1.29 is 19.2 Å². The molecule has 0 fully saturated rings. The van der Waals surface area contributed by atoms with Crippen LogP contribution in [0.15, 0.2) is 66.7 Å². The van der Waals surface area contributed by atoms with E-state index in [9.17, 15) is 14.4 Å². The standard InChI is InChI=1S/C25H21Cl2N3O4/c1-28-23(31)15-6-4-5-14(11-15)13-34-30-25(33)21-17-7-2-3-8-18(17)24(32)29-22(21)19-10-9-16(26)12-20(19)27/h2-12,21-22H,13H2,1H3,(H,28,31)(H,29,32)(H,30,33)/t21-,22+/m1/s1. The lowest BCUT2D eigenvalue weighted by atomic mass is 9.80. The summed E-state index contributed by atoms with van der Waals surface area (Å²) in [5.74, 6) is -1.78. The van der Waals surface area contributed by atoms with E-state index in [0.717, 1.165) is 0 Å². The zero-order chi connectivity index (χ0) is 24.2. The van der Waals surface area contributed by atoms with E-state index in [2.05, 4.69) is 16.1 Å². The first-order valence-electron chi connectivity index (χ1n) is 10.5. The molecule has 3 amide bonds. The highest BCUT2D eigenvalue weighted by atomic mass is 35.5. The molecule has 174 valence electrons. The maximum Gasteiger partial charge on any atom is 0.253 e. The van der Waals surface area contributed by atoms with E-state index in [1.165, 1.54) is 0 Å². The molecule has 4 rings (SSSR count). The van der Waals surface area contributed by atoms with Gasteiger partial charge in [-0.05, 0) is 47.0 Å². The summed E-state index contributed by atoms with van der Waals surface area (Å²) in [6.45, 7) is 0.0453. The lowest BCUT2D eigenvalue weighted by molar-refractivity contribution is -0.137. The second-order valence-corrected chi connectivity index (χ2v) is 8.56. The van der Waals surface area contributed by atoms with Gasteiger partial charge in [-0.25, -0.2) is 5.48 Å². The van der Waals surface area contributed by atoms with Crippen molar-refractivity contribution in [3.05, 3.63) is 105 Å². The number of rotatable bonds is 6. The van der Waals surface area contributed by atoms with Gasteiger partial charge in [0.25, 0.3) is 17.7 Å². The molecule has 0 aromatic heterocycles. The Morgan fingerprint density at radius 3 is 2.56 bits per heavy atom. The molecule has 1 aliphatic rings. The van der Waals surface area contributed by atoms with Crippen LogP contribution in [0, 0.1) is 0 Å². The van der Waals surface area contributed by atoms with Gasteiger partial charge < -0.3 is 10.6 Å². The fourth-order valence-electron chi connectivity index (χ4n) is 3.96. The van der Waals surface area contributed by atoms with E-state index in [1.54, 1.807) is 73.8 Å². The molecule has 1 heterocycles. The van der Waals surface area contributed by atoms with E-state index in [-0.39, 0.29) is 18.4 Å². The Kier molecular flexibility index (Phi) is 7.17. The van der Waals surface area contributed by atoms with E-state index < -0.39 is 17.9 Å². The molecule has 9 heteroatoms. The Morgan fingerprint density at radius 1 is 1.00 bits per heavy atom. The zero-order valence-corrected chi connectivity index (χ0v) is 19.6. The molecule has 0 unspecified atom stereocenters. The first-order valence-corrected chi connectivity index (χ1v) is 11.2. The number of hydrogen-bond donors (Lipinski definition) is 3. The average Bonchev–Trinajstić information content (AvgIpc) is 2.83. The van der Waals surface area contributed by atoms with E-state index in [0.29, 0.717) is 37.9 Å². The molecule has 0 saturated carbocycles. The van der Waals surface area contributed by atoms with Crippen LogP contribution in [0.5, 0.6) is 0 Å². The largest absolute Gasteiger partial charge is 0.355 e. The Labute approximate surface area is 206 Å². The quantitative estimate of drug-likeness (QED) is 0.445. The van der Waals surface area contributed by atoms with Crippen molar-refractivity contribution in [1.29, 1.82) is 0 Å². The van der Waals surface area contributed by atoms with Crippen molar-refractivity contribution >= 4 is 40.9 Å². The summed E-state index contributed by atoms with van der Waals surface area (Å²) in [7, 11) is 1.55. The van der Waals surface area contributed by atoms with E-state index in [1.807, 2.05) is 0 Å². The Hall–Kier alpha value is -3.39. The number of carbonyl (C=O) groups is 3. The van der Waals surface area contributed by atoms with Crippen LogP contribution in [0.1, 0.15) is 49.4 Å². The summed E-state index contributed by atoms with van der Waals surface area (Å²) in [6, 6.07) is 18.0. The number of hydrogen-bond acceptors (Lipinski definition) is 4. The fourth-order valence-corrected chi connectivity index (χ4v) is 4.49. The molecule has 0 saturated heterocycles. The zero-order valence-electron chi connectivity index (χ0n) is 18.1. The van der Waals surface area contributed by atoms with Crippen LogP contribution in [0.2, 0.25) is 10.0 Å². The van der Waals surface area contributed by atoms with Crippen molar-refractivity contribution in [2.75, 3.05) is 7.05 Å². The maximum atomic E-state index is 13.3. The fraction of sp³-hybridized carbons (Fsp3) is 0.160. The number of halogens is 2. The maximum absolute atomic E-state index is 13.3. The summed E-state index contributed by atoms with van der Waals surface area (Å²) in [4.78, 5) is 43.4. The molecule has 34 heavy (non-hydrogen) atoms. The number of carbonyl (C=O) groups excluding carboxylic acids is 3. The van der Waals surface area contributed by atoms with Crippen LogP contribution in [-0.4, -0.2) is 24.8 Å². The molecule has 1 aliphatic heterocycles. The summed E-state index contributed by atoms with van der Waals surface area (Å²) in [6.07, 6.45) is 0. The second kappa shape index (κ2) is 10.3. The molecule has 3 aromatic rings. The van der Waals surface area contributed by atoms with Crippen LogP contribution in [0.25, 0.3) is 0 Å². The summed E-state index contributed by atoms with van der Waals surface area (Å²) >= 11 is 12.4. The third kappa shape index (κ3) is 4.92. The molecule has 0 radical (unpaired) electrons. The van der Waals surface area contributed by atoms with Crippen molar-refractivity contribution in [2.45, 2.75) is 18.6 Å². The topological polar surface area (TPSA) is 96.5 Å². The van der Waals surface area contributed by atoms with E-state index >= 15 is 0 Å². The Balaban J connectivity index is 1.57. The Bertz CT molecular complexity index is 1260. The molecule has 3 aromatic carbocycles. The molecule has 0 spiro atoms. The van der Waals surface area contributed by atoms with Crippen LogP contribution < -0.4 is 16.1 Å². The van der Waals surface area contributed by atoms with E-state index in [4.69, 9.17) is 28.0 Å². The minimum Gasteiger partial charge on any atom is -0.355 e. The number of hydroxylamine groups is 1. The SMILES string of the molecule is CNC(=O)c1cccc(CONC(=O)[C@@H]2c3ccccc3C(=O)N[C@H]2c2ccc(Cl)cc2Cl)c1. The lowest BCUT2D eigenvalue weighted by Crippen LogP contribution is -2.44. The second-order valence-electron chi connectivity index (χ2n) is 7.72. The van der Waals surface area contributed by atoms with Crippen molar-refractivity contribution in [3.8, 4) is 0 Å². The summed E-state index contributed by atoms with van der Waals surface area (Å²) in [5.41, 5.74) is 5.20. The van der Waals surface area contributed by atoms with Gasteiger partial charge in [0.1, 0.15) is 0 Å². The first kappa shape index (κ1) is 23.8. The van der Waals surface area contributed by atoms with Crippen molar-refractivity contribution in [1.82, 2.24) is 16.1 Å². The lowest BCUT2D eigenvalue weighted by Gasteiger charge is -2.33. The van der Waals surface area contributed by atoms with Gasteiger partial charge in [0, 0.05) is 28.2 Å². The molecular formula is C25H21Cl2N3O4. The first-order chi connectivity index (χ1) is 16.4. The highest BCUT2D eigenvalue weighted by Crippen LogP contribution is 2.40. The Morgan fingerprint density at radius 2 is 1.79 bits per heavy atom. The number of fused-ring (bicyclic) bond motifs is 1. The molecule has 7 nitrogen and oxygen atoms in total. The summed E-state index contributed by atoms with van der Waals surface area (Å²) in [5, 5.41) is 6.23. The highest BCUT2D eigenvalue weighted by Gasteiger charge is 2.40. The van der Waals surface area contributed by atoms with Gasteiger partial charge >= 0.3 is 0 Å². The third-order valence-electron chi connectivity index (χ3n) is 5.57. The predicted octanol–water partition coefficient (Wildman–Crippen LogP) is 4.17. The minimum absolute atomic E-state index is 0.0453. The van der Waals surface area contributed by atoms with Gasteiger partial charge in [0.15, 0.2) is 0 Å². The van der Waals surface area contributed by atoms with Crippen LogP contribution in [0.4, 0.5) is 0 Å². The van der Waals surface area contributed by atoms with Gasteiger partial charge in [0.05, 0.1) is 18.6 Å². The monoisotopic (exact) mass is 497 g/mol. The van der Waals surface area contributed by atoms with Gasteiger partial charge in [-0.2, -0.15) is 0 Å². The molecule has 0 bridgehead atoms. The summed E-state index contributed by atoms with van der Waals surface area (Å²) < 4.78 is 0. The van der Waals surface area contributed by atoms with Gasteiger partial charge in [-0.3, -0.25) is 19.2 Å². The van der Waals surface area contributed by atoms with Gasteiger partial charge in [0.2, 0.25) is 0 Å². The van der Waals surface area contributed by atoms with Crippen molar-refractivity contribution in [2.24, 2.45) is 0 Å². The molecule has 0 aliphatic carbocycles. The molecular weight excluding hydrogens is 477 g/mol. The van der Waals surface area contributed by atoms with Crippen LogP contribution in [0.3, 0.4) is 0 Å². The molecule has 2 atom stereocenters. The van der Waals surface area contributed by atoms with Crippen molar-refractivity contribution in [3.63, 3.8) is 0 Å². The smallest absolute Gasteiger partial charge is 0.253 e. The highest BCUT2D eigenvalue weighted by molar-refractivity contribution is 6.35. The molecule has 3 N–H and O–H groups in total. The van der Waals surface area contributed by atoms with Gasteiger partial charge in [-0.15, -0.1) is 0 Å². The third-order valence-corrected chi connectivity index (χ3v) is 6.13. The minimum atomic E-state index is -0.801. The average molecular weight is 498 g/mol. The van der Waals surface area contributed by atoms with Gasteiger partial charge in [-0.1, -0.05) is 59.6 Å². The van der Waals surface area contributed by atoms with Crippen LogP contribution >= 0.6 is 23.2 Å².